The second kappa shape index (κ2) is 11.4. The molecule has 1 aliphatic rings. The van der Waals surface area contributed by atoms with Crippen molar-refractivity contribution in [3.8, 4) is 11.5 Å². The summed E-state index contributed by atoms with van der Waals surface area (Å²) in [7, 11) is 0. The maximum Gasteiger partial charge on any atom is 0.303 e. The summed E-state index contributed by atoms with van der Waals surface area (Å²) >= 11 is 0. The van der Waals surface area contributed by atoms with Crippen LogP contribution in [0.1, 0.15) is 54.0 Å². The van der Waals surface area contributed by atoms with Gasteiger partial charge in [0.25, 0.3) is 0 Å². The van der Waals surface area contributed by atoms with Crippen molar-refractivity contribution < 1.29 is 52.7 Å². The van der Waals surface area contributed by atoms with Crippen LogP contribution in [0.25, 0.3) is 0 Å². The molecular formula is C24H32O11. The maximum atomic E-state index is 11.9. The van der Waals surface area contributed by atoms with Crippen LogP contribution < -0.4 is 4.74 Å². The van der Waals surface area contributed by atoms with E-state index in [1.54, 1.807) is 6.07 Å². The van der Waals surface area contributed by atoms with Gasteiger partial charge in [0.1, 0.15) is 24.2 Å². The van der Waals surface area contributed by atoms with Gasteiger partial charge in [-0.1, -0.05) is 20.8 Å². The van der Waals surface area contributed by atoms with Crippen molar-refractivity contribution in [1.82, 2.24) is 0 Å². The van der Waals surface area contributed by atoms with Gasteiger partial charge in [-0.15, -0.1) is 0 Å². The molecule has 0 radical (unpaired) electrons. The molecule has 1 N–H and O–H groups in total. The van der Waals surface area contributed by atoms with Crippen LogP contribution in [-0.4, -0.2) is 66.3 Å². The van der Waals surface area contributed by atoms with Crippen LogP contribution in [0.2, 0.25) is 0 Å². The maximum absolute atomic E-state index is 11.9. The average Bonchev–Trinajstić information content (AvgIpc) is 2.70. The number of phenols is 1. The van der Waals surface area contributed by atoms with Crippen LogP contribution in [0, 0.1) is 0 Å². The first-order chi connectivity index (χ1) is 16.2. The largest absolute Gasteiger partial charge is 0.508 e. The van der Waals surface area contributed by atoms with Crippen LogP contribution >= 0.6 is 0 Å². The fraction of sp³-hybridized carbons (Fsp3) is 0.583. The molecule has 35 heavy (non-hydrogen) atoms. The second-order valence-electron chi connectivity index (χ2n) is 9.11. The minimum atomic E-state index is -1.35. The van der Waals surface area contributed by atoms with E-state index >= 15 is 0 Å². The van der Waals surface area contributed by atoms with E-state index in [1.807, 2.05) is 20.8 Å². The number of ether oxygens (including phenoxy) is 6. The van der Waals surface area contributed by atoms with E-state index in [0.717, 1.165) is 20.8 Å². The van der Waals surface area contributed by atoms with E-state index < -0.39 is 60.0 Å². The number of aromatic hydroxyl groups is 1. The third-order valence-electron chi connectivity index (χ3n) is 4.98. The van der Waals surface area contributed by atoms with Crippen LogP contribution in [0.3, 0.4) is 0 Å². The van der Waals surface area contributed by atoms with Gasteiger partial charge in [0.2, 0.25) is 12.4 Å². The predicted octanol–water partition coefficient (Wildman–Crippen LogP) is 2.15. The highest BCUT2D eigenvalue weighted by molar-refractivity contribution is 5.68. The topological polar surface area (TPSA) is 144 Å². The number of hydrogen-bond donors (Lipinski definition) is 1. The van der Waals surface area contributed by atoms with Gasteiger partial charge in [0.05, 0.1) is 0 Å². The number of hydrogen-bond acceptors (Lipinski definition) is 11. The van der Waals surface area contributed by atoms with Gasteiger partial charge in [-0.25, -0.2) is 0 Å². The number of carbonyl (C=O) groups excluding carboxylic acids is 4. The van der Waals surface area contributed by atoms with Crippen molar-refractivity contribution in [3.05, 3.63) is 23.8 Å². The lowest BCUT2D eigenvalue weighted by molar-refractivity contribution is -0.288. The lowest BCUT2D eigenvalue weighted by Crippen LogP contribution is -2.63. The molecule has 0 bridgehead atoms. The highest BCUT2D eigenvalue weighted by Crippen LogP contribution is 2.36. The van der Waals surface area contributed by atoms with Crippen molar-refractivity contribution in [3.63, 3.8) is 0 Å². The molecule has 1 fully saturated rings. The van der Waals surface area contributed by atoms with Crippen LogP contribution in [-0.2, 0) is 48.3 Å². The molecule has 0 aliphatic carbocycles. The highest BCUT2D eigenvalue weighted by Gasteiger charge is 2.53. The Bertz CT molecular complexity index is 949. The summed E-state index contributed by atoms with van der Waals surface area (Å²) in [5.41, 5.74) is 0.158. The van der Waals surface area contributed by atoms with E-state index in [1.165, 1.54) is 19.1 Å². The molecule has 0 amide bonds. The fourth-order valence-corrected chi connectivity index (χ4v) is 3.61. The molecule has 0 unspecified atom stereocenters. The Morgan fingerprint density at radius 1 is 0.857 bits per heavy atom. The Balaban J connectivity index is 2.51. The Morgan fingerprint density at radius 2 is 1.40 bits per heavy atom. The third kappa shape index (κ3) is 7.84. The van der Waals surface area contributed by atoms with E-state index in [9.17, 15) is 24.3 Å². The summed E-state index contributed by atoms with van der Waals surface area (Å²) in [5.74, 6) is -2.49. The standard InChI is InChI=1S/C24H32O11/c1-12(25)30-11-19-20(31-13(2)26)21(32-14(3)27)22(33-15(4)28)23(35-19)34-16-8-9-18(29)17(10-16)24(5,6)7/h8-10,19-23,29H,11H2,1-7H3/t19-,20-,21-,22+,23-/m0/s1. The van der Waals surface area contributed by atoms with Gasteiger partial charge in [0, 0.05) is 33.3 Å². The second-order valence-corrected chi connectivity index (χ2v) is 9.11. The van der Waals surface area contributed by atoms with Gasteiger partial charge in [-0.2, -0.15) is 0 Å². The molecule has 0 saturated carbocycles. The molecule has 1 aromatic carbocycles. The number of phenolic OH excluding ortho intramolecular Hbond substituents is 1. The summed E-state index contributed by atoms with van der Waals surface area (Å²) in [6.45, 7) is 9.96. The summed E-state index contributed by atoms with van der Waals surface area (Å²) in [4.78, 5) is 47.0. The molecule has 1 aliphatic heterocycles. The molecule has 1 saturated heterocycles. The van der Waals surface area contributed by atoms with Crippen molar-refractivity contribution in [2.24, 2.45) is 0 Å². The van der Waals surface area contributed by atoms with Crippen LogP contribution in [0.5, 0.6) is 11.5 Å². The monoisotopic (exact) mass is 496 g/mol. The molecule has 0 spiro atoms. The first kappa shape index (κ1) is 27.9. The zero-order valence-corrected chi connectivity index (χ0v) is 20.9. The number of benzene rings is 1. The van der Waals surface area contributed by atoms with Gasteiger partial charge in [-0.05, 0) is 23.6 Å². The Hall–Kier alpha value is -3.34. The Kier molecular flexibility index (Phi) is 9.08. The quantitative estimate of drug-likeness (QED) is 0.438. The first-order valence-electron chi connectivity index (χ1n) is 11.0. The molecule has 11 heteroatoms. The van der Waals surface area contributed by atoms with Crippen LogP contribution in [0.4, 0.5) is 0 Å². The number of rotatable bonds is 7. The lowest BCUT2D eigenvalue weighted by atomic mass is 9.86. The number of esters is 4. The predicted molar refractivity (Wildman–Crippen MR) is 119 cm³/mol. The average molecular weight is 497 g/mol. The molecule has 0 aromatic heterocycles. The zero-order chi connectivity index (χ0) is 26.5. The van der Waals surface area contributed by atoms with E-state index in [4.69, 9.17) is 28.4 Å². The van der Waals surface area contributed by atoms with Crippen molar-refractivity contribution in [1.29, 1.82) is 0 Å². The molecule has 2 rings (SSSR count). The molecular weight excluding hydrogens is 464 g/mol. The van der Waals surface area contributed by atoms with Gasteiger partial charge in [-0.3, -0.25) is 19.2 Å². The molecule has 11 nitrogen and oxygen atoms in total. The SMILES string of the molecule is CC(=O)OC[C@@H]1O[C@H](Oc2ccc(O)c(C(C)(C)C)c2)[C@H](OC(C)=O)[C@@H](OC(C)=O)[C@H]1OC(C)=O. The van der Waals surface area contributed by atoms with Crippen LogP contribution in [0.15, 0.2) is 18.2 Å². The lowest BCUT2D eigenvalue weighted by Gasteiger charge is -2.44. The van der Waals surface area contributed by atoms with Crippen molar-refractivity contribution in [2.75, 3.05) is 6.61 Å². The number of carbonyl (C=O) groups is 4. The zero-order valence-electron chi connectivity index (χ0n) is 20.9. The summed E-state index contributed by atoms with van der Waals surface area (Å²) in [5, 5.41) is 10.3. The van der Waals surface area contributed by atoms with Gasteiger partial charge >= 0.3 is 23.9 Å². The molecule has 5 atom stereocenters. The van der Waals surface area contributed by atoms with Gasteiger partial charge < -0.3 is 33.5 Å². The minimum Gasteiger partial charge on any atom is -0.508 e. The molecule has 1 heterocycles. The van der Waals surface area contributed by atoms with E-state index in [2.05, 4.69) is 0 Å². The van der Waals surface area contributed by atoms with E-state index in [-0.39, 0.29) is 18.1 Å². The molecule has 194 valence electrons. The summed E-state index contributed by atoms with van der Waals surface area (Å²) in [6, 6.07) is 4.53. The minimum absolute atomic E-state index is 0.0615. The molecule has 1 aromatic rings. The Labute approximate surface area is 203 Å². The summed E-state index contributed by atoms with van der Waals surface area (Å²) in [6.07, 6.45) is -6.43. The van der Waals surface area contributed by atoms with Gasteiger partial charge in [0.15, 0.2) is 12.2 Å². The smallest absolute Gasteiger partial charge is 0.303 e. The van der Waals surface area contributed by atoms with E-state index in [0.29, 0.717) is 5.56 Å². The van der Waals surface area contributed by atoms with Crippen molar-refractivity contribution >= 4 is 23.9 Å². The normalized spacial score (nSPS) is 24.1. The highest BCUT2D eigenvalue weighted by atomic mass is 16.7. The third-order valence-corrected chi connectivity index (χ3v) is 4.98. The van der Waals surface area contributed by atoms with Crippen molar-refractivity contribution in [2.45, 2.75) is 84.6 Å². The fourth-order valence-electron chi connectivity index (χ4n) is 3.61. The first-order valence-corrected chi connectivity index (χ1v) is 11.0. The summed E-state index contributed by atoms with van der Waals surface area (Å²) < 4.78 is 33.1. The Morgan fingerprint density at radius 3 is 1.91 bits per heavy atom.